The molecule has 1 heterocycles. The number of rotatable bonds is 4. The second-order valence-electron chi connectivity index (χ2n) is 8.15. The molecule has 2 amide bonds. The molecular formula is C26H25ClN4O2. The van der Waals surface area contributed by atoms with Gasteiger partial charge in [-0.2, -0.15) is 0 Å². The summed E-state index contributed by atoms with van der Waals surface area (Å²) >= 11 is 6.04. The Kier molecular flexibility index (Phi) is 6.20. The monoisotopic (exact) mass is 460 g/mol. The van der Waals surface area contributed by atoms with E-state index in [-0.39, 0.29) is 11.6 Å². The van der Waals surface area contributed by atoms with E-state index in [0.717, 1.165) is 16.8 Å². The zero-order valence-electron chi connectivity index (χ0n) is 19.0. The highest BCUT2D eigenvalue weighted by Gasteiger charge is 2.25. The van der Waals surface area contributed by atoms with E-state index < -0.39 is 6.04 Å². The van der Waals surface area contributed by atoms with Gasteiger partial charge in [-0.1, -0.05) is 41.9 Å². The van der Waals surface area contributed by atoms with Crippen molar-refractivity contribution in [3.05, 3.63) is 99.1 Å². The number of urea groups is 1. The second kappa shape index (κ2) is 9.08. The molecule has 1 aromatic heterocycles. The lowest BCUT2D eigenvalue weighted by molar-refractivity contribution is 0.205. The lowest BCUT2D eigenvalue weighted by Gasteiger charge is -2.27. The van der Waals surface area contributed by atoms with Gasteiger partial charge in [0.05, 0.1) is 22.6 Å². The van der Waals surface area contributed by atoms with Gasteiger partial charge in [0.1, 0.15) is 5.82 Å². The molecule has 6 nitrogen and oxygen atoms in total. The van der Waals surface area contributed by atoms with Gasteiger partial charge < -0.3 is 10.2 Å². The van der Waals surface area contributed by atoms with Crippen LogP contribution in [0.15, 0.2) is 71.5 Å². The van der Waals surface area contributed by atoms with Gasteiger partial charge in [-0.3, -0.25) is 9.36 Å². The summed E-state index contributed by atoms with van der Waals surface area (Å²) in [6, 6.07) is 19.3. The molecule has 0 bridgehead atoms. The summed E-state index contributed by atoms with van der Waals surface area (Å²) in [4.78, 5) is 33.0. The molecule has 0 fully saturated rings. The van der Waals surface area contributed by atoms with Crippen molar-refractivity contribution in [2.75, 3.05) is 12.4 Å². The Bertz CT molecular complexity index is 1410. The van der Waals surface area contributed by atoms with E-state index >= 15 is 0 Å². The minimum atomic E-state index is -0.499. The largest absolute Gasteiger partial charge is 0.322 e. The maximum atomic E-state index is 13.6. The molecule has 1 unspecified atom stereocenters. The van der Waals surface area contributed by atoms with Gasteiger partial charge in [-0.15, -0.1) is 0 Å². The minimum Gasteiger partial charge on any atom is -0.318 e. The van der Waals surface area contributed by atoms with Gasteiger partial charge in [0.15, 0.2) is 0 Å². The molecule has 33 heavy (non-hydrogen) atoms. The number of amides is 2. The highest BCUT2D eigenvalue weighted by molar-refractivity contribution is 6.30. The predicted octanol–water partition coefficient (Wildman–Crippen LogP) is 5.88. The highest BCUT2D eigenvalue weighted by Crippen LogP contribution is 2.25. The Morgan fingerprint density at radius 2 is 1.82 bits per heavy atom. The first-order valence-electron chi connectivity index (χ1n) is 10.6. The number of fused-ring (bicyclic) bond motifs is 1. The van der Waals surface area contributed by atoms with Gasteiger partial charge >= 0.3 is 6.03 Å². The zero-order valence-corrected chi connectivity index (χ0v) is 19.7. The van der Waals surface area contributed by atoms with Gasteiger partial charge in [0, 0.05) is 17.8 Å². The number of halogens is 1. The molecule has 1 atom stereocenters. The van der Waals surface area contributed by atoms with Gasteiger partial charge in [0.25, 0.3) is 5.56 Å². The van der Waals surface area contributed by atoms with E-state index in [0.29, 0.717) is 27.4 Å². The number of hydrogen-bond donors (Lipinski definition) is 1. The number of hydrogen-bond acceptors (Lipinski definition) is 3. The Labute approximate surface area is 197 Å². The van der Waals surface area contributed by atoms with Crippen LogP contribution in [0.3, 0.4) is 0 Å². The zero-order chi connectivity index (χ0) is 23.7. The van der Waals surface area contributed by atoms with Gasteiger partial charge in [0.2, 0.25) is 0 Å². The fourth-order valence-corrected chi connectivity index (χ4v) is 3.94. The topological polar surface area (TPSA) is 67.2 Å². The molecule has 168 valence electrons. The van der Waals surface area contributed by atoms with E-state index in [1.807, 2.05) is 57.2 Å². The maximum Gasteiger partial charge on any atom is 0.322 e. The quantitative estimate of drug-likeness (QED) is 0.413. The van der Waals surface area contributed by atoms with Crippen molar-refractivity contribution >= 4 is 34.2 Å². The van der Waals surface area contributed by atoms with E-state index in [2.05, 4.69) is 5.32 Å². The number of carbonyl (C=O) groups excluding carboxylic acids is 1. The molecule has 4 aromatic rings. The van der Waals surface area contributed by atoms with Crippen molar-refractivity contribution in [1.82, 2.24) is 14.5 Å². The van der Waals surface area contributed by atoms with E-state index in [9.17, 15) is 9.59 Å². The third kappa shape index (κ3) is 4.47. The van der Waals surface area contributed by atoms with Crippen molar-refractivity contribution in [1.29, 1.82) is 0 Å². The standard InChI is InChI=1S/C26H25ClN4O2/c1-16-12-13-17(2)23(14-16)31-24(29-22-11-6-5-10-21(22)25(31)32)18(3)30(4)26(33)28-20-9-7-8-19(27)15-20/h5-15,18H,1-4H3,(H,28,33). The average molecular weight is 461 g/mol. The lowest BCUT2D eigenvalue weighted by Crippen LogP contribution is -2.37. The average Bonchev–Trinajstić information content (AvgIpc) is 2.80. The first kappa shape index (κ1) is 22.6. The normalized spacial score (nSPS) is 11.9. The number of aromatic nitrogens is 2. The molecular weight excluding hydrogens is 436 g/mol. The summed E-state index contributed by atoms with van der Waals surface area (Å²) in [6.45, 7) is 5.80. The van der Waals surface area contributed by atoms with Crippen molar-refractivity contribution < 1.29 is 4.79 Å². The van der Waals surface area contributed by atoms with E-state index in [1.165, 1.54) is 4.90 Å². The number of nitrogens with zero attached hydrogens (tertiary/aromatic N) is 3. The molecule has 0 spiro atoms. The molecule has 1 N–H and O–H groups in total. The number of benzene rings is 3. The highest BCUT2D eigenvalue weighted by atomic mass is 35.5. The number of carbonyl (C=O) groups is 1. The summed E-state index contributed by atoms with van der Waals surface area (Å²) < 4.78 is 1.62. The Hall–Kier alpha value is -3.64. The third-order valence-electron chi connectivity index (χ3n) is 5.76. The van der Waals surface area contributed by atoms with Crippen molar-refractivity contribution in [2.24, 2.45) is 0 Å². The number of anilines is 1. The SMILES string of the molecule is Cc1ccc(C)c(-n2c(C(C)N(C)C(=O)Nc3cccc(Cl)c3)nc3ccccc3c2=O)c1. The lowest BCUT2D eigenvalue weighted by atomic mass is 10.1. The first-order valence-corrected chi connectivity index (χ1v) is 11.0. The maximum absolute atomic E-state index is 13.6. The fourth-order valence-electron chi connectivity index (χ4n) is 3.75. The van der Waals surface area contributed by atoms with Gasteiger partial charge in [-0.05, 0) is 68.3 Å². The van der Waals surface area contributed by atoms with Crippen LogP contribution in [0, 0.1) is 13.8 Å². The number of aryl methyl sites for hydroxylation is 2. The van der Waals surface area contributed by atoms with Gasteiger partial charge in [-0.25, -0.2) is 9.78 Å². The van der Waals surface area contributed by atoms with Crippen LogP contribution in [0.2, 0.25) is 5.02 Å². The molecule has 0 radical (unpaired) electrons. The van der Waals surface area contributed by atoms with Crippen LogP contribution < -0.4 is 10.9 Å². The molecule has 0 aliphatic rings. The minimum absolute atomic E-state index is 0.167. The van der Waals surface area contributed by atoms with Crippen LogP contribution in [0.5, 0.6) is 0 Å². The van der Waals surface area contributed by atoms with Crippen molar-refractivity contribution in [3.8, 4) is 5.69 Å². The molecule has 0 saturated carbocycles. The summed E-state index contributed by atoms with van der Waals surface area (Å²) in [6.07, 6.45) is 0. The molecule has 3 aromatic carbocycles. The summed E-state index contributed by atoms with van der Waals surface area (Å²) in [5.74, 6) is 0.483. The van der Waals surface area contributed by atoms with E-state index in [4.69, 9.17) is 16.6 Å². The smallest absolute Gasteiger partial charge is 0.318 e. The van der Waals surface area contributed by atoms with Crippen LogP contribution in [0.25, 0.3) is 16.6 Å². The van der Waals surface area contributed by atoms with Crippen LogP contribution in [-0.2, 0) is 0 Å². The molecule has 0 aliphatic heterocycles. The van der Waals surface area contributed by atoms with Crippen LogP contribution in [0.4, 0.5) is 10.5 Å². The molecule has 0 saturated heterocycles. The predicted molar refractivity (Wildman–Crippen MR) is 133 cm³/mol. The summed E-state index contributed by atoms with van der Waals surface area (Å²) in [7, 11) is 1.68. The fraction of sp³-hybridized carbons (Fsp3) is 0.192. The Morgan fingerprint density at radius 1 is 1.06 bits per heavy atom. The number of para-hydroxylation sites is 1. The van der Waals surface area contributed by atoms with Crippen LogP contribution in [-0.4, -0.2) is 27.5 Å². The Balaban J connectivity index is 1.82. The van der Waals surface area contributed by atoms with Crippen LogP contribution >= 0.6 is 11.6 Å². The third-order valence-corrected chi connectivity index (χ3v) is 5.99. The molecule has 4 rings (SSSR count). The Morgan fingerprint density at radius 3 is 2.58 bits per heavy atom. The van der Waals surface area contributed by atoms with E-state index in [1.54, 1.807) is 41.9 Å². The second-order valence-corrected chi connectivity index (χ2v) is 8.58. The van der Waals surface area contributed by atoms with Crippen LogP contribution in [0.1, 0.15) is 29.9 Å². The number of nitrogens with one attached hydrogen (secondary N) is 1. The summed E-state index contributed by atoms with van der Waals surface area (Å²) in [5.41, 5.74) is 3.74. The van der Waals surface area contributed by atoms with Crippen molar-refractivity contribution in [3.63, 3.8) is 0 Å². The van der Waals surface area contributed by atoms with Crippen molar-refractivity contribution in [2.45, 2.75) is 26.8 Å². The first-order chi connectivity index (χ1) is 15.8. The molecule has 7 heteroatoms. The molecule has 0 aliphatic carbocycles. The summed E-state index contributed by atoms with van der Waals surface area (Å²) in [5, 5.41) is 3.91.